The van der Waals surface area contributed by atoms with Crippen molar-refractivity contribution in [1.82, 2.24) is 19.3 Å². The van der Waals surface area contributed by atoms with E-state index in [1.165, 1.54) is 27.5 Å². The summed E-state index contributed by atoms with van der Waals surface area (Å²) in [6.45, 7) is 0.0396. The quantitative estimate of drug-likeness (QED) is 0.582. The second kappa shape index (κ2) is 7.18. The van der Waals surface area contributed by atoms with Gasteiger partial charge in [0.1, 0.15) is 10.8 Å². The number of aromatic nitrogens is 4. The molecule has 26 heavy (non-hydrogen) atoms. The van der Waals surface area contributed by atoms with E-state index >= 15 is 0 Å². The van der Waals surface area contributed by atoms with E-state index < -0.39 is 5.56 Å². The van der Waals surface area contributed by atoms with Crippen LogP contribution in [0.4, 0.5) is 5.69 Å². The maximum Gasteiger partial charge on any atom is 0.343 e. The van der Waals surface area contributed by atoms with Crippen LogP contribution in [0.5, 0.6) is 11.5 Å². The Morgan fingerprint density at radius 2 is 2.04 bits per heavy atom. The van der Waals surface area contributed by atoms with E-state index in [2.05, 4.69) is 26.1 Å². The molecule has 2 aromatic heterocycles. The number of anilines is 1. The Balaban J connectivity index is 2.05. The second-order valence-electron chi connectivity index (χ2n) is 5.38. The van der Waals surface area contributed by atoms with E-state index in [1.807, 2.05) is 0 Å². The highest BCUT2D eigenvalue weighted by molar-refractivity contribution is 9.10. The number of nitrogens with one attached hydrogen (secondary N) is 1. The number of nitrogens with two attached hydrogens (primary N) is 1. The SMILES string of the molecule is Cn1c(Cn2cc(Br)c(Cl)c(Oc3cc(N)cc(Cl)c3)c2=O)n[nH]c1=O. The van der Waals surface area contributed by atoms with Gasteiger partial charge in [0.05, 0.1) is 11.0 Å². The molecule has 0 saturated carbocycles. The average Bonchev–Trinajstić information content (AvgIpc) is 2.87. The maximum atomic E-state index is 12.8. The third-order valence-corrected chi connectivity index (χ3v) is 4.95. The van der Waals surface area contributed by atoms with Crippen LogP contribution in [0.1, 0.15) is 5.82 Å². The Kier molecular flexibility index (Phi) is 5.12. The van der Waals surface area contributed by atoms with Crippen molar-refractivity contribution in [3.63, 3.8) is 0 Å². The molecule has 11 heteroatoms. The number of rotatable bonds is 4. The Hall–Kier alpha value is -2.23. The zero-order valence-electron chi connectivity index (χ0n) is 13.3. The van der Waals surface area contributed by atoms with Gasteiger partial charge in [-0.2, -0.15) is 5.10 Å². The Morgan fingerprint density at radius 1 is 1.31 bits per heavy atom. The minimum absolute atomic E-state index is 0.0396. The summed E-state index contributed by atoms with van der Waals surface area (Å²) < 4.78 is 8.69. The fourth-order valence-corrected chi connectivity index (χ4v) is 3.05. The van der Waals surface area contributed by atoms with Crippen molar-refractivity contribution in [3.05, 3.63) is 65.6 Å². The lowest BCUT2D eigenvalue weighted by atomic mass is 10.3. The average molecular weight is 461 g/mol. The van der Waals surface area contributed by atoms with Crippen LogP contribution < -0.4 is 21.7 Å². The summed E-state index contributed by atoms with van der Waals surface area (Å²) in [5.74, 6) is 0.526. The minimum atomic E-state index is -0.507. The molecule has 0 atom stereocenters. The molecule has 0 spiro atoms. The number of halogens is 3. The third-order valence-electron chi connectivity index (χ3n) is 3.53. The molecule has 0 saturated heterocycles. The largest absolute Gasteiger partial charge is 0.450 e. The number of nitrogens with zero attached hydrogens (tertiary/aromatic N) is 3. The molecule has 8 nitrogen and oxygen atoms in total. The first-order chi connectivity index (χ1) is 12.3. The highest BCUT2D eigenvalue weighted by atomic mass is 79.9. The highest BCUT2D eigenvalue weighted by Crippen LogP contribution is 2.33. The lowest BCUT2D eigenvalue weighted by Crippen LogP contribution is -2.24. The van der Waals surface area contributed by atoms with E-state index in [-0.39, 0.29) is 28.8 Å². The molecule has 0 amide bonds. The molecule has 0 unspecified atom stereocenters. The van der Waals surface area contributed by atoms with Crippen LogP contribution in [0.25, 0.3) is 0 Å². The number of ether oxygens (including phenoxy) is 1. The molecule has 3 rings (SSSR count). The zero-order valence-corrected chi connectivity index (χ0v) is 16.4. The number of benzene rings is 1. The van der Waals surface area contributed by atoms with Gasteiger partial charge in [-0.1, -0.05) is 23.2 Å². The number of hydrogen-bond acceptors (Lipinski definition) is 5. The van der Waals surface area contributed by atoms with E-state index in [1.54, 1.807) is 13.1 Å². The number of aromatic amines is 1. The maximum absolute atomic E-state index is 12.8. The van der Waals surface area contributed by atoms with Crippen LogP contribution in [0.15, 0.2) is 38.5 Å². The predicted octanol–water partition coefficient (Wildman–Crippen LogP) is 2.76. The van der Waals surface area contributed by atoms with Gasteiger partial charge in [-0.3, -0.25) is 9.36 Å². The summed E-state index contributed by atoms with van der Waals surface area (Å²) in [4.78, 5) is 24.3. The molecule has 0 fully saturated rings. The van der Waals surface area contributed by atoms with Gasteiger partial charge in [-0.25, -0.2) is 9.89 Å². The molecule has 0 bridgehead atoms. The Bertz CT molecular complexity index is 1090. The Morgan fingerprint density at radius 3 is 2.65 bits per heavy atom. The van der Waals surface area contributed by atoms with Gasteiger partial charge >= 0.3 is 5.69 Å². The molecule has 0 aliphatic heterocycles. The van der Waals surface area contributed by atoms with Gasteiger partial charge in [-0.05, 0) is 28.1 Å². The fourth-order valence-electron chi connectivity index (χ4n) is 2.23. The van der Waals surface area contributed by atoms with Crippen LogP contribution in [0, 0.1) is 0 Å². The van der Waals surface area contributed by atoms with Crippen molar-refractivity contribution in [2.45, 2.75) is 6.54 Å². The molecule has 1 aromatic carbocycles. The van der Waals surface area contributed by atoms with E-state index in [9.17, 15) is 9.59 Å². The normalized spacial score (nSPS) is 10.9. The minimum Gasteiger partial charge on any atom is -0.450 e. The first kappa shape index (κ1) is 18.6. The summed E-state index contributed by atoms with van der Waals surface area (Å²) >= 11 is 15.5. The number of nitrogen functional groups attached to an aromatic ring is 1. The van der Waals surface area contributed by atoms with Crippen molar-refractivity contribution < 1.29 is 4.74 Å². The smallest absolute Gasteiger partial charge is 0.343 e. The lowest BCUT2D eigenvalue weighted by Gasteiger charge is -2.13. The number of hydrogen-bond donors (Lipinski definition) is 2. The first-order valence-corrected chi connectivity index (χ1v) is 8.73. The van der Waals surface area contributed by atoms with E-state index in [0.29, 0.717) is 21.0 Å². The topological polar surface area (TPSA) is 108 Å². The van der Waals surface area contributed by atoms with Crippen LogP contribution in [-0.2, 0) is 13.6 Å². The highest BCUT2D eigenvalue weighted by Gasteiger charge is 2.17. The van der Waals surface area contributed by atoms with Crippen molar-refractivity contribution >= 4 is 44.8 Å². The van der Waals surface area contributed by atoms with Crippen LogP contribution in [-0.4, -0.2) is 19.3 Å². The summed E-state index contributed by atoms with van der Waals surface area (Å²) in [6.07, 6.45) is 1.49. The summed E-state index contributed by atoms with van der Waals surface area (Å²) in [5.41, 5.74) is 5.23. The van der Waals surface area contributed by atoms with Gasteiger partial charge in [0.2, 0.25) is 5.75 Å². The third kappa shape index (κ3) is 3.64. The second-order valence-corrected chi connectivity index (χ2v) is 7.05. The molecule has 3 aromatic rings. The van der Waals surface area contributed by atoms with Gasteiger partial charge < -0.3 is 15.0 Å². The van der Waals surface area contributed by atoms with Crippen LogP contribution in [0.3, 0.4) is 0 Å². The first-order valence-electron chi connectivity index (χ1n) is 7.19. The predicted molar refractivity (Wildman–Crippen MR) is 102 cm³/mol. The van der Waals surface area contributed by atoms with Gasteiger partial charge in [0.25, 0.3) is 5.56 Å². The van der Waals surface area contributed by atoms with Crippen molar-refractivity contribution in [2.24, 2.45) is 7.05 Å². The summed E-state index contributed by atoms with van der Waals surface area (Å²) in [6, 6.07) is 4.58. The molecule has 2 heterocycles. The summed E-state index contributed by atoms with van der Waals surface area (Å²) in [5, 5.41) is 6.65. The fraction of sp³-hybridized carbons (Fsp3) is 0.133. The lowest BCUT2D eigenvalue weighted by molar-refractivity contribution is 0.466. The molecule has 0 aliphatic carbocycles. The number of pyridine rings is 1. The monoisotopic (exact) mass is 459 g/mol. The van der Waals surface area contributed by atoms with Crippen molar-refractivity contribution in [1.29, 1.82) is 0 Å². The van der Waals surface area contributed by atoms with Crippen molar-refractivity contribution in [2.75, 3.05) is 5.73 Å². The van der Waals surface area contributed by atoms with E-state index in [4.69, 9.17) is 33.7 Å². The molecular weight excluding hydrogens is 449 g/mol. The molecular formula is C15H12BrCl2N5O3. The Labute approximate surface area is 165 Å². The zero-order chi connectivity index (χ0) is 19.0. The molecule has 0 radical (unpaired) electrons. The van der Waals surface area contributed by atoms with Gasteiger partial charge in [-0.15, -0.1) is 0 Å². The molecule has 136 valence electrons. The van der Waals surface area contributed by atoms with Gasteiger partial charge in [0, 0.05) is 30.0 Å². The standard InChI is InChI=1S/C15H12BrCl2N5O3/c1-22-11(20-21-15(22)25)6-23-5-10(16)12(18)13(14(23)24)26-9-3-7(17)2-8(19)4-9/h2-5H,6,19H2,1H3,(H,21,25). The van der Waals surface area contributed by atoms with Crippen LogP contribution >= 0.6 is 39.1 Å². The molecule has 0 aliphatic rings. The van der Waals surface area contributed by atoms with Crippen LogP contribution in [0.2, 0.25) is 10.0 Å². The molecule has 3 N–H and O–H groups in total. The number of H-pyrrole nitrogens is 1. The summed E-state index contributed by atoms with van der Waals surface area (Å²) in [7, 11) is 1.54. The van der Waals surface area contributed by atoms with Gasteiger partial charge in [0.15, 0.2) is 5.82 Å². The van der Waals surface area contributed by atoms with E-state index in [0.717, 1.165) is 0 Å². The van der Waals surface area contributed by atoms with Crippen molar-refractivity contribution in [3.8, 4) is 11.5 Å².